The molecule has 2 aromatic rings. The smallest absolute Gasteiger partial charge is 0.138 e. The SMILES string of the molecule is Cc1ccc2c(c1)CC(COc1ccc(C#N)cc1Cl)O2. The van der Waals surface area contributed by atoms with E-state index in [1.54, 1.807) is 18.2 Å². The van der Waals surface area contributed by atoms with Crippen LogP contribution in [0.1, 0.15) is 16.7 Å². The summed E-state index contributed by atoms with van der Waals surface area (Å²) in [7, 11) is 0. The summed E-state index contributed by atoms with van der Waals surface area (Å²) in [6.45, 7) is 2.50. The van der Waals surface area contributed by atoms with E-state index in [1.165, 1.54) is 11.1 Å². The van der Waals surface area contributed by atoms with Crippen molar-refractivity contribution in [2.75, 3.05) is 6.61 Å². The van der Waals surface area contributed by atoms with Crippen LogP contribution in [0.5, 0.6) is 11.5 Å². The summed E-state index contributed by atoms with van der Waals surface area (Å²) >= 11 is 6.09. The number of nitrogens with zero attached hydrogens (tertiary/aromatic N) is 1. The Labute approximate surface area is 128 Å². The summed E-state index contributed by atoms with van der Waals surface area (Å²) in [6, 6.07) is 13.2. The van der Waals surface area contributed by atoms with E-state index < -0.39 is 0 Å². The van der Waals surface area contributed by atoms with Crippen molar-refractivity contribution in [2.45, 2.75) is 19.4 Å². The molecular formula is C17H14ClNO2. The topological polar surface area (TPSA) is 42.2 Å². The normalized spacial score (nSPS) is 16.0. The number of rotatable bonds is 3. The first kappa shape index (κ1) is 13.8. The summed E-state index contributed by atoms with van der Waals surface area (Å²) in [5, 5.41) is 9.25. The van der Waals surface area contributed by atoms with Gasteiger partial charge in [0.05, 0.1) is 16.7 Å². The second kappa shape index (κ2) is 5.67. The van der Waals surface area contributed by atoms with Gasteiger partial charge >= 0.3 is 0 Å². The molecule has 0 amide bonds. The number of ether oxygens (including phenoxy) is 2. The molecule has 0 aromatic heterocycles. The summed E-state index contributed by atoms with van der Waals surface area (Å²) in [4.78, 5) is 0. The number of hydrogen-bond acceptors (Lipinski definition) is 3. The Kier molecular flexibility index (Phi) is 3.72. The minimum Gasteiger partial charge on any atom is -0.488 e. The summed E-state index contributed by atoms with van der Waals surface area (Å²) < 4.78 is 11.6. The summed E-state index contributed by atoms with van der Waals surface area (Å²) in [5.41, 5.74) is 2.97. The number of hydrogen-bond donors (Lipinski definition) is 0. The highest BCUT2D eigenvalue weighted by molar-refractivity contribution is 6.32. The van der Waals surface area contributed by atoms with Crippen molar-refractivity contribution >= 4 is 11.6 Å². The molecule has 0 saturated carbocycles. The minimum absolute atomic E-state index is 0.00601. The number of halogens is 1. The fourth-order valence-corrected chi connectivity index (χ4v) is 2.65. The summed E-state index contributed by atoms with van der Waals surface area (Å²) in [6.07, 6.45) is 0.832. The lowest BCUT2D eigenvalue weighted by Gasteiger charge is -2.13. The average molecular weight is 300 g/mol. The van der Waals surface area contributed by atoms with Gasteiger partial charge in [-0.3, -0.25) is 0 Å². The van der Waals surface area contributed by atoms with Crippen LogP contribution in [0.15, 0.2) is 36.4 Å². The Hall–Kier alpha value is -2.18. The third kappa shape index (κ3) is 2.96. The Bertz CT molecular complexity index is 721. The van der Waals surface area contributed by atoms with Gasteiger partial charge in [0.2, 0.25) is 0 Å². The zero-order valence-electron chi connectivity index (χ0n) is 11.6. The van der Waals surface area contributed by atoms with Crippen molar-refractivity contribution in [2.24, 2.45) is 0 Å². The highest BCUT2D eigenvalue weighted by Crippen LogP contribution is 2.31. The van der Waals surface area contributed by atoms with Crippen molar-refractivity contribution in [1.29, 1.82) is 5.26 Å². The first-order chi connectivity index (χ1) is 10.2. The number of benzene rings is 2. The van der Waals surface area contributed by atoms with Crippen molar-refractivity contribution in [1.82, 2.24) is 0 Å². The fourth-order valence-electron chi connectivity index (χ4n) is 2.41. The van der Waals surface area contributed by atoms with Crippen LogP contribution >= 0.6 is 11.6 Å². The van der Waals surface area contributed by atoms with Gasteiger partial charge in [0.25, 0.3) is 0 Å². The van der Waals surface area contributed by atoms with Gasteiger partial charge in [-0.25, -0.2) is 0 Å². The predicted octanol–water partition coefficient (Wildman–Crippen LogP) is 3.90. The lowest BCUT2D eigenvalue weighted by molar-refractivity contribution is 0.148. The van der Waals surface area contributed by atoms with Crippen LogP contribution in [-0.4, -0.2) is 12.7 Å². The van der Waals surface area contributed by atoms with E-state index in [-0.39, 0.29) is 6.10 Å². The Morgan fingerprint density at radius 3 is 2.95 bits per heavy atom. The number of fused-ring (bicyclic) bond motifs is 1. The van der Waals surface area contributed by atoms with Crippen LogP contribution in [0.2, 0.25) is 5.02 Å². The average Bonchev–Trinajstić information content (AvgIpc) is 2.87. The first-order valence-electron chi connectivity index (χ1n) is 6.74. The second-order valence-electron chi connectivity index (χ2n) is 5.12. The summed E-state index contributed by atoms with van der Waals surface area (Å²) in [5.74, 6) is 1.51. The van der Waals surface area contributed by atoms with Crippen LogP contribution in [-0.2, 0) is 6.42 Å². The van der Waals surface area contributed by atoms with Gasteiger partial charge in [-0.1, -0.05) is 29.3 Å². The highest BCUT2D eigenvalue weighted by atomic mass is 35.5. The number of aryl methyl sites for hydroxylation is 1. The van der Waals surface area contributed by atoms with E-state index in [9.17, 15) is 0 Å². The van der Waals surface area contributed by atoms with Crippen LogP contribution in [0.3, 0.4) is 0 Å². The van der Waals surface area contributed by atoms with Gasteiger partial charge in [-0.15, -0.1) is 0 Å². The standard InChI is InChI=1S/C17H14ClNO2/c1-11-2-4-16-13(6-11)8-14(21-16)10-20-17-5-3-12(9-19)7-15(17)18/h2-7,14H,8,10H2,1H3. The lowest BCUT2D eigenvalue weighted by atomic mass is 10.1. The number of nitriles is 1. The van der Waals surface area contributed by atoms with Crippen LogP contribution in [0.25, 0.3) is 0 Å². The molecule has 1 aliphatic rings. The molecule has 1 unspecified atom stereocenters. The van der Waals surface area contributed by atoms with Crippen molar-refractivity contribution < 1.29 is 9.47 Å². The van der Waals surface area contributed by atoms with E-state index in [4.69, 9.17) is 26.3 Å². The largest absolute Gasteiger partial charge is 0.488 e. The molecule has 0 spiro atoms. The van der Waals surface area contributed by atoms with Crippen molar-refractivity contribution in [3.63, 3.8) is 0 Å². The molecule has 0 aliphatic carbocycles. The van der Waals surface area contributed by atoms with Gasteiger partial charge in [0, 0.05) is 6.42 Å². The van der Waals surface area contributed by atoms with Gasteiger partial charge in [0.1, 0.15) is 24.2 Å². The molecule has 1 aliphatic heterocycles. The third-order valence-electron chi connectivity index (χ3n) is 3.44. The van der Waals surface area contributed by atoms with Gasteiger partial charge < -0.3 is 9.47 Å². The molecule has 21 heavy (non-hydrogen) atoms. The van der Waals surface area contributed by atoms with E-state index in [2.05, 4.69) is 13.0 Å². The highest BCUT2D eigenvalue weighted by Gasteiger charge is 2.23. The van der Waals surface area contributed by atoms with Crippen LogP contribution in [0, 0.1) is 18.3 Å². The fraction of sp³-hybridized carbons (Fsp3) is 0.235. The molecule has 106 valence electrons. The van der Waals surface area contributed by atoms with Crippen molar-refractivity contribution in [3.8, 4) is 17.6 Å². The molecule has 4 heteroatoms. The molecule has 0 N–H and O–H groups in total. The molecule has 0 saturated heterocycles. The van der Waals surface area contributed by atoms with Gasteiger partial charge in [-0.05, 0) is 36.8 Å². The van der Waals surface area contributed by atoms with Crippen LogP contribution < -0.4 is 9.47 Å². The Morgan fingerprint density at radius 2 is 2.19 bits per heavy atom. The molecule has 1 atom stereocenters. The second-order valence-corrected chi connectivity index (χ2v) is 5.53. The van der Waals surface area contributed by atoms with E-state index >= 15 is 0 Å². The maximum Gasteiger partial charge on any atom is 0.138 e. The van der Waals surface area contributed by atoms with E-state index in [0.717, 1.165) is 12.2 Å². The molecule has 0 fully saturated rings. The first-order valence-corrected chi connectivity index (χ1v) is 7.12. The zero-order valence-corrected chi connectivity index (χ0v) is 12.4. The van der Waals surface area contributed by atoms with E-state index in [0.29, 0.717) is 22.9 Å². The Morgan fingerprint density at radius 1 is 1.33 bits per heavy atom. The molecular weight excluding hydrogens is 286 g/mol. The Balaban J connectivity index is 1.64. The lowest BCUT2D eigenvalue weighted by Crippen LogP contribution is -2.22. The van der Waals surface area contributed by atoms with Crippen molar-refractivity contribution in [3.05, 3.63) is 58.1 Å². The van der Waals surface area contributed by atoms with Gasteiger partial charge in [0.15, 0.2) is 0 Å². The molecule has 3 rings (SSSR count). The third-order valence-corrected chi connectivity index (χ3v) is 3.74. The van der Waals surface area contributed by atoms with E-state index in [1.807, 2.05) is 18.2 Å². The molecule has 0 bridgehead atoms. The quantitative estimate of drug-likeness (QED) is 0.863. The maximum absolute atomic E-state index is 8.81. The van der Waals surface area contributed by atoms with Gasteiger partial charge in [-0.2, -0.15) is 5.26 Å². The monoisotopic (exact) mass is 299 g/mol. The molecule has 0 radical (unpaired) electrons. The minimum atomic E-state index is -0.00601. The zero-order chi connectivity index (χ0) is 14.8. The molecule has 2 aromatic carbocycles. The molecule has 1 heterocycles. The predicted molar refractivity (Wildman–Crippen MR) is 81.0 cm³/mol. The van der Waals surface area contributed by atoms with Crippen LogP contribution in [0.4, 0.5) is 0 Å². The maximum atomic E-state index is 8.81. The molecule has 3 nitrogen and oxygen atoms in total.